The van der Waals surface area contributed by atoms with Crippen molar-refractivity contribution in [2.75, 3.05) is 20.3 Å². The largest absolute Gasteiger partial charge is 0.384 e. The highest BCUT2D eigenvalue weighted by atomic mass is 16.5. The summed E-state index contributed by atoms with van der Waals surface area (Å²) in [6.07, 6.45) is 0. The van der Waals surface area contributed by atoms with Crippen molar-refractivity contribution in [3.8, 4) is 0 Å². The molecule has 0 aliphatic rings. The Labute approximate surface area is 82.8 Å². The molecule has 13 heavy (non-hydrogen) atoms. The van der Waals surface area contributed by atoms with E-state index in [2.05, 4.69) is 34.6 Å². The number of rotatable bonds is 4. The molecule has 2 nitrogen and oxygen atoms in total. The van der Waals surface area contributed by atoms with Crippen LogP contribution in [0.5, 0.6) is 0 Å². The molecule has 0 radical (unpaired) electrons. The number of hydrogen-bond donors (Lipinski definition) is 1. The van der Waals surface area contributed by atoms with Crippen LogP contribution in [0.1, 0.15) is 34.6 Å². The number of nitrogens with two attached hydrogens (primary N) is 1. The molecule has 0 aromatic rings. The molecule has 0 saturated carbocycles. The molecule has 0 fully saturated rings. The summed E-state index contributed by atoms with van der Waals surface area (Å²) in [5.41, 5.74) is 6.17. The third-order valence-electron chi connectivity index (χ3n) is 3.36. The lowest BCUT2D eigenvalue weighted by molar-refractivity contribution is -0.0357. The summed E-state index contributed by atoms with van der Waals surface area (Å²) >= 11 is 0. The second kappa shape index (κ2) is 4.43. The lowest BCUT2D eigenvalue weighted by Crippen LogP contribution is -2.49. The van der Waals surface area contributed by atoms with Gasteiger partial charge in [0, 0.05) is 19.1 Å². The van der Waals surface area contributed by atoms with Crippen molar-refractivity contribution in [1.29, 1.82) is 0 Å². The Morgan fingerprint density at radius 3 is 1.77 bits per heavy atom. The van der Waals surface area contributed by atoms with E-state index in [-0.39, 0.29) is 10.8 Å². The zero-order chi connectivity index (χ0) is 10.7. The fourth-order valence-electron chi connectivity index (χ4n) is 2.11. The first-order chi connectivity index (χ1) is 5.81. The fourth-order valence-corrected chi connectivity index (χ4v) is 2.11. The number of hydrogen-bond acceptors (Lipinski definition) is 2. The van der Waals surface area contributed by atoms with Gasteiger partial charge in [-0.3, -0.25) is 0 Å². The van der Waals surface area contributed by atoms with E-state index in [1.807, 2.05) is 0 Å². The van der Waals surface area contributed by atoms with Crippen molar-refractivity contribution in [1.82, 2.24) is 0 Å². The Kier molecular flexibility index (Phi) is 4.40. The molecule has 0 bridgehead atoms. The summed E-state index contributed by atoms with van der Waals surface area (Å²) in [5.74, 6) is 0.539. The number of ether oxygens (including phenoxy) is 1. The van der Waals surface area contributed by atoms with E-state index in [1.54, 1.807) is 7.11 Å². The minimum absolute atomic E-state index is 0.0851. The topological polar surface area (TPSA) is 35.2 Å². The van der Waals surface area contributed by atoms with E-state index in [9.17, 15) is 0 Å². The molecular weight excluding hydrogens is 162 g/mol. The van der Waals surface area contributed by atoms with Crippen LogP contribution >= 0.6 is 0 Å². The SMILES string of the molecule is COCC(CN)(C(C)C)C(C)(C)C. The fraction of sp³-hybridized carbons (Fsp3) is 1.00. The van der Waals surface area contributed by atoms with Crippen LogP contribution in [-0.2, 0) is 4.74 Å². The molecule has 80 valence electrons. The van der Waals surface area contributed by atoms with E-state index in [4.69, 9.17) is 10.5 Å². The summed E-state index contributed by atoms with van der Waals surface area (Å²) in [6.45, 7) is 12.6. The molecular formula is C11H25NO. The van der Waals surface area contributed by atoms with Gasteiger partial charge in [0.25, 0.3) is 0 Å². The van der Waals surface area contributed by atoms with Gasteiger partial charge in [-0.25, -0.2) is 0 Å². The standard InChI is InChI=1S/C11H25NO/c1-9(2)11(7-12,8-13-6)10(3,4)5/h9H,7-8,12H2,1-6H3. The molecule has 0 amide bonds. The first-order valence-corrected chi connectivity index (χ1v) is 5.01. The molecule has 1 atom stereocenters. The lowest BCUT2D eigenvalue weighted by atomic mass is 9.61. The molecule has 0 aromatic heterocycles. The van der Waals surface area contributed by atoms with Crippen molar-refractivity contribution in [3.05, 3.63) is 0 Å². The normalized spacial score (nSPS) is 17.5. The molecule has 0 heterocycles. The minimum atomic E-state index is 0.0851. The predicted octanol–water partition coefficient (Wildman–Crippen LogP) is 2.28. The maximum Gasteiger partial charge on any atom is 0.0538 e. The maximum atomic E-state index is 5.90. The Hall–Kier alpha value is -0.0800. The van der Waals surface area contributed by atoms with Crippen molar-refractivity contribution >= 4 is 0 Å². The van der Waals surface area contributed by atoms with Gasteiger partial charge in [0.15, 0.2) is 0 Å². The second-order valence-electron chi connectivity index (χ2n) is 5.20. The molecule has 0 saturated heterocycles. The molecule has 0 rings (SSSR count). The highest BCUT2D eigenvalue weighted by molar-refractivity contribution is 4.93. The molecule has 0 aliphatic carbocycles. The van der Waals surface area contributed by atoms with Crippen molar-refractivity contribution < 1.29 is 4.74 Å². The third kappa shape index (κ3) is 2.44. The Morgan fingerprint density at radius 2 is 1.69 bits per heavy atom. The summed E-state index contributed by atoms with van der Waals surface area (Å²) in [6, 6.07) is 0. The van der Waals surface area contributed by atoms with Crippen LogP contribution in [0, 0.1) is 16.7 Å². The highest BCUT2D eigenvalue weighted by Crippen LogP contribution is 2.44. The summed E-state index contributed by atoms with van der Waals surface area (Å²) in [5, 5.41) is 0. The van der Waals surface area contributed by atoms with Gasteiger partial charge in [0.1, 0.15) is 0 Å². The minimum Gasteiger partial charge on any atom is -0.384 e. The molecule has 2 heteroatoms. The monoisotopic (exact) mass is 187 g/mol. The first kappa shape index (κ1) is 12.9. The van der Waals surface area contributed by atoms with Crippen molar-refractivity contribution in [2.45, 2.75) is 34.6 Å². The van der Waals surface area contributed by atoms with Gasteiger partial charge in [0.05, 0.1) is 6.61 Å². The van der Waals surface area contributed by atoms with Gasteiger partial charge in [0.2, 0.25) is 0 Å². The van der Waals surface area contributed by atoms with E-state index in [0.29, 0.717) is 12.5 Å². The molecule has 2 N–H and O–H groups in total. The van der Waals surface area contributed by atoms with Gasteiger partial charge < -0.3 is 10.5 Å². The van der Waals surface area contributed by atoms with Crippen LogP contribution < -0.4 is 5.73 Å². The van der Waals surface area contributed by atoms with E-state index >= 15 is 0 Å². The third-order valence-corrected chi connectivity index (χ3v) is 3.36. The van der Waals surface area contributed by atoms with E-state index in [0.717, 1.165) is 6.61 Å². The van der Waals surface area contributed by atoms with E-state index < -0.39 is 0 Å². The number of methoxy groups -OCH3 is 1. The smallest absolute Gasteiger partial charge is 0.0538 e. The van der Waals surface area contributed by atoms with Crippen molar-refractivity contribution in [2.24, 2.45) is 22.5 Å². The van der Waals surface area contributed by atoms with Crippen LogP contribution in [0.3, 0.4) is 0 Å². The van der Waals surface area contributed by atoms with Crippen LogP contribution in [0.4, 0.5) is 0 Å². The average molecular weight is 187 g/mol. The van der Waals surface area contributed by atoms with Gasteiger partial charge in [-0.05, 0) is 11.3 Å². The van der Waals surface area contributed by atoms with Gasteiger partial charge in [-0.15, -0.1) is 0 Å². The van der Waals surface area contributed by atoms with E-state index in [1.165, 1.54) is 0 Å². The zero-order valence-electron chi connectivity index (χ0n) is 9.98. The molecule has 0 spiro atoms. The van der Waals surface area contributed by atoms with Gasteiger partial charge in [-0.2, -0.15) is 0 Å². The second-order valence-corrected chi connectivity index (χ2v) is 5.20. The van der Waals surface area contributed by atoms with Crippen LogP contribution in [-0.4, -0.2) is 20.3 Å². The van der Waals surface area contributed by atoms with Crippen LogP contribution in [0.2, 0.25) is 0 Å². The molecule has 0 aromatic carbocycles. The lowest BCUT2D eigenvalue weighted by Gasteiger charge is -2.47. The van der Waals surface area contributed by atoms with Gasteiger partial charge >= 0.3 is 0 Å². The van der Waals surface area contributed by atoms with Crippen molar-refractivity contribution in [3.63, 3.8) is 0 Å². The highest BCUT2D eigenvalue weighted by Gasteiger charge is 2.43. The van der Waals surface area contributed by atoms with Gasteiger partial charge in [-0.1, -0.05) is 34.6 Å². The average Bonchev–Trinajstić information content (AvgIpc) is 1.96. The quantitative estimate of drug-likeness (QED) is 0.733. The zero-order valence-corrected chi connectivity index (χ0v) is 9.98. The van der Waals surface area contributed by atoms with Crippen LogP contribution in [0.15, 0.2) is 0 Å². The predicted molar refractivity (Wildman–Crippen MR) is 57.7 cm³/mol. The Bertz CT molecular complexity index is 149. The summed E-state index contributed by atoms with van der Waals surface area (Å²) in [7, 11) is 1.75. The Morgan fingerprint density at radius 1 is 1.23 bits per heavy atom. The summed E-state index contributed by atoms with van der Waals surface area (Å²) < 4.78 is 5.31. The Balaban J connectivity index is 4.87. The van der Waals surface area contributed by atoms with Crippen LogP contribution in [0.25, 0.3) is 0 Å². The first-order valence-electron chi connectivity index (χ1n) is 5.01. The molecule has 1 unspecified atom stereocenters. The summed E-state index contributed by atoms with van der Waals surface area (Å²) in [4.78, 5) is 0. The maximum absolute atomic E-state index is 5.90. The molecule has 0 aliphatic heterocycles.